The predicted molar refractivity (Wildman–Crippen MR) is 119 cm³/mol. The summed E-state index contributed by atoms with van der Waals surface area (Å²) < 4.78 is 25.3. The van der Waals surface area contributed by atoms with E-state index < -0.39 is 9.84 Å². The van der Waals surface area contributed by atoms with Crippen LogP contribution in [0.5, 0.6) is 0 Å². The fourth-order valence-corrected chi connectivity index (χ4v) is 4.03. The molecule has 1 aromatic heterocycles. The highest BCUT2D eigenvalue weighted by molar-refractivity contribution is 7.90. The fourth-order valence-electron chi connectivity index (χ4n) is 3.40. The second-order valence-corrected chi connectivity index (χ2v) is 9.83. The zero-order chi connectivity index (χ0) is 22.1. The summed E-state index contributed by atoms with van der Waals surface area (Å²) in [6, 6.07) is 15.9. The van der Waals surface area contributed by atoms with Gasteiger partial charge in [0.2, 0.25) is 0 Å². The van der Waals surface area contributed by atoms with E-state index in [9.17, 15) is 13.2 Å². The minimum absolute atomic E-state index is 0.0871. The Bertz CT molecular complexity index is 1150. The molecule has 7 heteroatoms. The van der Waals surface area contributed by atoms with Crippen molar-refractivity contribution in [1.82, 2.24) is 9.78 Å². The minimum atomic E-state index is -3.28. The number of hydrogen-bond acceptors (Lipinski definition) is 4. The van der Waals surface area contributed by atoms with E-state index in [4.69, 9.17) is 0 Å². The molecule has 30 heavy (non-hydrogen) atoms. The van der Waals surface area contributed by atoms with Gasteiger partial charge in [0.1, 0.15) is 0 Å². The molecular weight excluding hydrogens is 398 g/mol. The maximum atomic E-state index is 13.2. The second-order valence-electron chi connectivity index (χ2n) is 7.82. The van der Waals surface area contributed by atoms with Crippen molar-refractivity contribution in [3.63, 3.8) is 0 Å². The summed E-state index contributed by atoms with van der Waals surface area (Å²) in [5, 5.41) is 4.48. The third-order valence-electron chi connectivity index (χ3n) is 4.91. The maximum Gasteiger partial charge on any atom is 0.258 e. The normalized spacial score (nSPS) is 11.7. The maximum absolute atomic E-state index is 13.2. The third kappa shape index (κ3) is 4.79. The molecule has 3 rings (SSSR count). The van der Waals surface area contributed by atoms with Crippen LogP contribution in [0.2, 0.25) is 0 Å². The van der Waals surface area contributed by atoms with Crippen LogP contribution in [0.3, 0.4) is 0 Å². The van der Waals surface area contributed by atoms with Crippen LogP contribution >= 0.6 is 0 Å². The Kier molecular flexibility index (Phi) is 6.12. The van der Waals surface area contributed by atoms with Gasteiger partial charge in [-0.1, -0.05) is 12.1 Å². The van der Waals surface area contributed by atoms with Gasteiger partial charge in [0.25, 0.3) is 5.91 Å². The summed E-state index contributed by atoms with van der Waals surface area (Å²) in [5.74, 6) is -0.130. The first kappa shape index (κ1) is 21.8. The fraction of sp³-hybridized carbons (Fsp3) is 0.304. The van der Waals surface area contributed by atoms with E-state index in [0.29, 0.717) is 17.8 Å². The van der Waals surface area contributed by atoms with Crippen molar-refractivity contribution in [2.24, 2.45) is 0 Å². The van der Waals surface area contributed by atoms with E-state index in [1.165, 1.54) is 18.4 Å². The minimum Gasteiger partial charge on any atom is -0.306 e. The molecule has 0 fully saturated rings. The average molecular weight is 426 g/mol. The lowest BCUT2D eigenvalue weighted by atomic mass is 10.1. The zero-order valence-corrected chi connectivity index (χ0v) is 18.8. The number of amides is 1. The first-order valence-electron chi connectivity index (χ1n) is 9.80. The molecule has 0 unspecified atom stereocenters. The lowest BCUT2D eigenvalue weighted by molar-refractivity contribution is 0.0980. The number of anilines is 1. The molecule has 0 spiro atoms. The van der Waals surface area contributed by atoms with Gasteiger partial charge in [-0.25, -0.2) is 8.42 Å². The molecule has 0 bridgehead atoms. The van der Waals surface area contributed by atoms with Gasteiger partial charge < -0.3 is 4.90 Å². The Labute approximate surface area is 178 Å². The number of rotatable bonds is 6. The molecule has 0 radical (unpaired) electrons. The second kappa shape index (κ2) is 8.44. The number of sulfone groups is 1. The first-order chi connectivity index (χ1) is 14.1. The van der Waals surface area contributed by atoms with Crippen LogP contribution in [0.15, 0.2) is 59.5 Å². The molecule has 0 saturated heterocycles. The number of carbonyl (C=O) groups excluding carboxylic acids is 1. The van der Waals surface area contributed by atoms with Crippen LogP contribution in [0, 0.1) is 13.8 Å². The number of hydrogen-bond donors (Lipinski definition) is 0. The van der Waals surface area contributed by atoms with Crippen molar-refractivity contribution in [2.45, 2.75) is 45.2 Å². The Balaban J connectivity index is 1.82. The van der Waals surface area contributed by atoms with Crippen LogP contribution in [0.25, 0.3) is 0 Å². The van der Waals surface area contributed by atoms with E-state index in [-0.39, 0.29) is 16.8 Å². The Morgan fingerprint density at radius 1 is 1.03 bits per heavy atom. The molecule has 0 N–H and O–H groups in total. The smallest absolute Gasteiger partial charge is 0.258 e. The Morgan fingerprint density at radius 2 is 1.63 bits per heavy atom. The number of benzene rings is 2. The highest BCUT2D eigenvalue weighted by Crippen LogP contribution is 2.23. The molecule has 0 atom stereocenters. The van der Waals surface area contributed by atoms with E-state index in [0.717, 1.165) is 17.0 Å². The predicted octanol–water partition coefficient (Wildman–Crippen LogP) is 4.01. The van der Waals surface area contributed by atoms with Crippen molar-refractivity contribution >= 4 is 21.4 Å². The van der Waals surface area contributed by atoms with Crippen molar-refractivity contribution < 1.29 is 13.2 Å². The molecule has 2 aromatic carbocycles. The molecule has 0 aliphatic carbocycles. The van der Waals surface area contributed by atoms with Crippen molar-refractivity contribution in [2.75, 3.05) is 11.2 Å². The van der Waals surface area contributed by atoms with Gasteiger partial charge in [-0.2, -0.15) is 5.10 Å². The van der Waals surface area contributed by atoms with Gasteiger partial charge in [-0.3, -0.25) is 9.48 Å². The number of carbonyl (C=O) groups is 1. The molecule has 6 nitrogen and oxygen atoms in total. The van der Waals surface area contributed by atoms with Crippen LogP contribution in [-0.2, 0) is 16.4 Å². The van der Waals surface area contributed by atoms with E-state index in [1.807, 2.05) is 62.7 Å². The van der Waals surface area contributed by atoms with Crippen LogP contribution in [-0.4, -0.2) is 36.4 Å². The monoisotopic (exact) mass is 425 g/mol. The SMILES string of the molecule is Cc1cc(C)n(Cc2ccc(C(=O)N(c3ccc(S(C)(=O)=O)cc3)C(C)C)cc2)n1. The standard InChI is InChI=1S/C23H27N3O3S/c1-16(2)26(21-10-12-22(13-11-21)30(5,28)29)23(27)20-8-6-19(7-9-20)15-25-18(4)14-17(3)24-25/h6-14,16H,15H2,1-5H3. The van der Waals surface area contributed by atoms with E-state index in [2.05, 4.69) is 5.10 Å². The van der Waals surface area contributed by atoms with Crippen LogP contribution < -0.4 is 4.90 Å². The molecular formula is C23H27N3O3S. The molecule has 3 aromatic rings. The molecule has 1 heterocycles. The van der Waals surface area contributed by atoms with Gasteiger partial charge in [0.05, 0.1) is 17.1 Å². The van der Waals surface area contributed by atoms with Crippen LogP contribution in [0.1, 0.15) is 41.2 Å². The highest BCUT2D eigenvalue weighted by atomic mass is 32.2. The number of nitrogens with zero attached hydrogens (tertiary/aromatic N) is 3. The molecule has 158 valence electrons. The van der Waals surface area contributed by atoms with Gasteiger partial charge in [0.15, 0.2) is 9.84 Å². The zero-order valence-electron chi connectivity index (χ0n) is 18.0. The van der Waals surface area contributed by atoms with E-state index >= 15 is 0 Å². The molecule has 0 aliphatic rings. The summed E-state index contributed by atoms with van der Waals surface area (Å²) in [4.78, 5) is 15.1. The summed E-state index contributed by atoms with van der Waals surface area (Å²) in [6.45, 7) is 8.50. The molecule has 0 saturated carbocycles. The highest BCUT2D eigenvalue weighted by Gasteiger charge is 2.21. The van der Waals surface area contributed by atoms with Gasteiger partial charge in [-0.05, 0) is 75.7 Å². The van der Waals surface area contributed by atoms with Crippen molar-refractivity contribution in [1.29, 1.82) is 0 Å². The molecule has 0 aliphatic heterocycles. The third-order valence-corrected chi connectivity index (χ3v) is 6.04. The number of aryl methyl sites for hydroxylation is 2. The number of aromatic nitrogens is 2. The van der Waals surface area contributed by atoms with Gasteiger partial charge in [-0.15, -0.1) is 0 Å². The summed E-state index contributed by atoms with van der Waals surface area (Å²) in [7, 11) is -3.28. The lowest BCUT2D eigenvalue weighted by Gasteiger charge is -2.27. The average Bonchev–Trinajstić information content (AvgIpc) is 2.98. The van der Waals surface area contributed by atoms with Gasteiger partial charge in [0, 0.05) is 29.2 Å². The summed E-state index contributed by atoms with van der Waals surface area (Å²) in [5.41, 5.74) is 4.37. The first-order valence-corrected chi connectivity index (χ1v) is 11.7. The summed E-state index contributed by atoms with van der Waals surface area (Å²) in [6.07, 6.45) is 1.17. The Hall–Kier alpha value is -2.93. The lowest BCUT2D eigenvalue weighted by Crippen LogP contribution is -2.37. The van der Waals surface area contributed by atoms with E-state index in [1.54, 1.807) is 17.0 Å². The topological polar surface area (TPSA) is 72.3 Å². The summed E-state index contributed by atoms with van der Waals surface area (Å²) >= 11 is 0. The van der Waals surface area contributed by atoms with Gasteiger partial charge >= 0.3 is 0 Å². The largest absolute Gasteiger partial charge is 0.306 e. The molecule has 1 amide bonds. The van der Waals surface area contributed by atoms with Crippen LogP contribution in [0.4, 0.5) is 5.69 Å². The quantitative estimate of drug-likeness (QED) is 0.598. The van der Waals surface area contributed by atoms with Crippen molar-refractivity contribution in [3.05, 3.63) is 77.1 Å². The Morgan fingerprint density at radius 3 is 2.10 bits per heavy atom. The van der Waals surface area contributed by atoms with Crippen molar-refractivity contribution in [3.8, 4) is 0 Å².